The van der Waals surface area contributed by atoms with Gasteiger partial charge in [0.2, 0.25) is 0 Å². The molecule has 2 N–H and O–H groups in total. The molecule has 0 atom stereocenters. The van der Waals surface area contributed by atoms with Crippen molar-refractivity contribution < 1.29 is 23.9 Å². The Labute approximate surface area is 205 Å². The third-order valence-electron chi connectivity index (χ3n) is 4.25. The number of carbonyl (C=O) groups is 3. The van der Waals surface area contributed by atoms with Gasteiger partial charge in [-0.2, -0.15) is 5.10 Å². The van der Waals surface area contributed by atoms with Crippen LogP contribution in [0.5, 0.6) is 11.5 Å². The summed E-state index contributed by atoms with van der Waals surface area (Å²) in [5, 5.41) is 6.81. The Morgan fingerprint density at radius 2 is 1.59 bits per heavy atom. The number of nitrogens with one attached hydrogen (secondary N) is 2. The van der Waals surface area contributed by atoms with Crippen molar-refractivity contribution in [2.75, 3.05) is 11.9 Å². The highest BCUT2D eigenvalue weighted by atomic mass is 35.5. The molecule has 34 heavy (non-hydrogen) atoms. The third kappa shape index (κ3) is 7.06. The number of esters is 1. The topological polar surface area (TPSA) is 106 Å². The summed E-state index contributed by atoms with van der Waals surface area (Å²) in [6, 6.07) is 17.4. The molecule has 174 valence electrons. The molecule has 0 unspecified atom stereocenters. The van der Waals surface area contributed by atoms with Crippen molar-refractivity contribution >= 4 is 52.9 Å². The smallest absolute Gasteiger partial charge is 0.345 e. The van der Waals surface area contributed by atoms with Crippen LogP contribution in [-0.4, -0.2) is 30.6 Å². The highest BCUT2D eigenvalue weighted by molar-refractivity contribution is 6.39. The Morgan fingerprint density at radius 1 is 0.912 bits per heavy atom. The van der Waals surface area contributed by atoms with Gasteiger partial charge < -0.3 is 14.8 Å². The molecule has 3 aromatic carbocycles. The molecular formula is C24H19Cl2N3O5. The molecule has 0 radical (unpaired) electrons. The first-order valence-electron chi connectivity index (χ1n) is 10.00. The minimum absolute atomic E-state index is 0.183. The standard InChI is InChI=1S/C24H19Cl2N3O5/c1-2-33-18-10-6-17(7-11-18)28-22(30)23(31)29-27-14-15-3-8-19(9-4-15)34-24(32)20-12-5-16(25)13-21(20)26/h3-14H,2H2,1H3,(H,28,30)(H,29,31)/b27-14+. The van der Waals surface area contributed by atoms with Crippen LogP contribution in [0.1, 0.15) is 22.8 Å². The molecule has 0 bridgehead atoms. The average Bonchev–Trinajstić information content (AvgIpc) is 2.81. The van der Waals surface area contributed by atoms with Crippen LogP contribution in [0.2, 0.25) is 10.0 Å². The second-order valence-corrected chi connectivity index (χ2v) is 7.54. The number of nitrogens with zero attached hydrogens (tertiary/aromatic N) is 1. The van der Waals surface area contributed by atoms with Gasteiger partial charge in [0.15, 0.2) is 0 Å². The predicted octanol–water partition coefficient (Wildman–Crippen LogP) is 4.70. The zero-order chi connectivity index (χ0) is 24.5. The van der Waals surface area contributed by atoms with E-state index < -0.39 is 17.8 Å². The lowest BCUT2D eigenvalue weighted by molar-refractivity contribution is -0.136. The molecule has 0 heterocycles. The Hall–Kier alpha value is -3.88. The Kier molecular flexibility index (Phi) is 8.61. The maximum atomic E-state index is 12.3. The first kappa shape index (κ1) is 24.8. The molecule has 0 aromatic heterocycles. The number of amides is 2. The summed E-state index contributed by atoms with van der Waals surface area (Å²) in [6.45, 7) is 2.39. The van der Waals surface area contributed by atoms with Crippen molar-refractivity contribution in [2.45, 2.75) is 6.92 Å². The normalized spacial score (nSPS) is 10.6. The van der Waals surface area contributed by atoms with Crippen molar-refractivity contribution in [3.8, 4) is 11.5 Å². The minimum Gasteiger partial charge on any atom is -0.494 e. The Balaban J connectivity index is 1.50. The quantitative estimate of drug-likeness (QED) is 0.161. The number of hydrogen-bond acceptors (Lipinski definition) is 6. The molecule has 0 fully saturated rings. The lowest BCUT2D eigenvalue weighted by Gasteiger charge is -2.07. The van der Waals surface area contributed by atoms with Crippen molar-refractivity contribution in [3.63, 3.8) is 0 Å². The van der Waals surface area contributed by atoms with Gasteiger partial charge in [-0.1, -0.05) is 23.2 Å². The van der Waals surface area contributed by atoms with Crippen LogP contribution in [0.3, 0.4) is 0 Å². The van der Waals surface area contributed by atoms with Gasteiger partial charge in [-0.25, -0.2) is 10.2 Å². The maximum Gasteiger partial charge on any atom is 0.345 e. The zero-order valence-electron chi connectivity index (χ0n) is 17.9. The van der Waals surface area contributed by atoms with E-state index in [2.05, 4.69) is 15.8 Å². The van der Waals surface area contributed by atoms with Gasteiger partial charge in [-0.3, -0.25) is 9.59 Å². The molecule has 0 aliphatic rings. The van der Waals surface area contributed by atoms with Crippen LogP contribution in [-0.2, 0) is 9.59 Å². The monoisotopic (exact) mass is 499 g/mol. The van der Waals surface area contributed by atoms with Crippen molar-refractivity contribution in [1.29, 1.82) is 0 Å². The first-order chi connectivity index (χ1) is 16.4. The molecule has 3 rings (SSSR count). The van der Waals surface area contributed by atoms with Crippen molar-refractivity contribution in [2.24, 2.45) is 5.10 Å². The van der Waals surface area contributed by atoms with Crippen LogP contribution in [0.15, 0.2) is 71.8 Å². The van der Waals surface area contributed by atoms with Crippen LogP contribution in [0.25, 0.3) is 0 Å². The summed E-state index contributed by atoms with van der Waals surface area (Å²) >= 11 is 11.8. The number of hydrogen-bond donors (Lipinski definition) is 2. The van der Waals surface area contributed by atoms with E-state index in [-0.39, 0.29) is 16.3 Å². The molecule has 0 saturated carbocycles. The summed E-state index contributed by atoms with van der Waals surface area (Å²) in [4.78, 5) is 36.2. The van der Waals surface area contributed by atoms with Crippen molar-refractivity contribution in [1.82, 2.24) is 5.43 Å². The predicted molar refractivity (Wildman–Crippen MR) is 130 cm³/mol. The van der Waals surface area contributed by atoms with E-state index in [1.54, 1.807) is 48.5 Å². The van der Waals surface area contributed by atoms with Crippen LogP contribution in [0, 0.1) is 0 Å². The lowest BCUT2D eigenvalue weighted by Crippen LogP contribution is -2.32. The van der Waals surface area contributed by atoms with E-state index in [0.29, 0.717) is 28.6 Å². The average molecular weight is 500 g/mol. The highest BCUT2D eigenvalue weighted by Crippen LogP contribution is 2.23. The number of carbonyl (C=O) groups excluding carboxylic acids is 3. The van der Waals surface area contributed by atoms with E-state index in [9.17, 15) is 14.4 Å². The van der Waals surface area contributed by atoms with Crippen LogP contribution in [0.4, 0.5) is 5.69 Å². The third-order valence-corrected chi connectivity index (χ3v) is 4.80. The summed E-state index contributed by atoms with van der Waals surface area (Å²) < 4.78 is 10.6. The van der Waals surface area contributed by atoms with E-state index in [1.807, 2.05) is 6.92 Å². The summed E-state index contributed by atoms with van der Waals surface area (Å²) in [7, 11) is 0. The van der Waals surface area contributed by atoms with E-state index in [4.69, 9.17) is 32.7 Å². The van der Waals surface area contributed by atoms with Gasteiger partial charge in [0.1, 0.15) is 11.5 Å². The maximum absolute atomic E-state index is 12.3. The fourth-order valence-corrected chi connectivity index (χ4v) is 3.13. The zero-order valence-corrected chi connectivity index (χ0v) is 19.4. The number of halogens is 2. The van der Waals surface area contributed by atoms with E-state index >= 15 is 0 Å². The van der Waals surface area contributed by atoms with Gasteiger partial charge in [0, 0.05) is 10.7 Å². The number of hydrazone groups is 1. The number of rotatable bonds is 7. The Bertz CT molecular complexity index is 1210. The molecule has 2 amide bonds. The first-order valence-corrected chi connectivity index (χ1v) is 10.8. The van der Waals surface area contributed by atoms with Gasteiger partial charge in [-0.15, -0.1) is 0 Å². The molecule has 8 nitrogen and oxygen atoms in total. The largest absolute Gasteiger partial charge is 0.494 e. The molecule has 10 heteroatoms. The van der Waals surface area contributed by atoms with Crippen molar-refractivity contribution in [3.05, 3.63) is 87.9 Å². The Morgan fingerprint density at radius 3 is 2.24 bits per heavy atom. The van der Waals surface area contributed by atoms with Crippen LogP contribution >= 0.6 is 23.2 Å². The molecule has 0 aliphatic heterocycles. The second kappa shape index (κ2) is 11.8. The SMILES string of the molecule is CCOc1ccc(NC(=O)C(=O)N/N=C/c2ccc(OC(=O)c3ccc(Cl)cc3Cl)cc2)cc1. The van der Waals surface area contributed by atoms with Gasteiger partial charge in [-0.05, 0) is 79.2 Å². The molecule has 0 saturated heterocycles. The molecule has 3 aromatic rings. The summed E-state index contributed by atoms with van der Waals surface area (Å²) in [5.41, 5.74) is 3.36. The van der Waals surface area contributed by atoms with E-state index in [1.165, 1.54) is 24.4 Å². The molecule has 0 spiro atoms. The molecular weight excluding hydrogens is 481 g/mol. The lowest BCUT2D eigenvalue weighted by atomic mass is 10.2. The second-order valence-electron chi connectivity index (χ2n) is 6.69. The fourth-order valence-electron chi connectivity index (χ4n) is 2.64. The fraction of sp³-hybridized carbons (Fsp3) is 0.0833. The van der Waals surface area contributed by atoms with Gasteiger partial charge in [0.05, 0.1) is 23.4 Å². The van der Waals surface area contributed by atoms with Gasteiger partial charge >= 0.3 is 17.8 Å². The minimum atomic E-state index is -0.935. The van der Waals surface area contributed by atoms with Crippen LogP contribution < -0.4 is 20.2 Å². The number of anilines is 1. The summed E-state index contributed by atoms with van der Waals surface area (Å²) in [5.74, 6) is -1.50. The number of benzene rings is 3. The summed E-state index contributed by atoms with van der Waals surface area (Å²) in [6.07, 6.45) is 1.34. The number of ether oxygens (including phenoxy) is 2. The molecule has 0 aliphatic carbocycles. The highest BCUT2D eigenvalue weighted by Gasteiger charge is 2.14. The van der Waals surface area contributed by atoms with Gasteiger partial charge in [0.25, 0.3) is 0 Å². The van der Waals surface area contributed by atoms with E-state index in [0.717, 1.165) is 0 Å².